The topological polar surface area (TPSA) is 165 Å². The molecule has 9 heteroatoms. The number of hydrogen-bond donors (Lipinski definition) is 8. The van der Waals surface area contributed by atoms with Gasteiger partial charge in [-0.2, -0.15) is 0 Å². The van der Waals surface area contributed by atoms with Gasteiger partial charge in [0.05, 0.1) is 25.4 Å². The van der Waals surface area contributed by atoms with E-state index in [-0.39, 0.29) is 13.1 Å². The van der Waals surface area contributed by atoms with Crippen molar-refractivity contribution in [1.82, 2.24) is 4.90 Å². The molecule has 212 valence electrons. The summed E-state index contributed by atoms with van der Waals surface area (Å²) in [6.45, 7) is 1.16. The van der Waals surface area contributed by atoms with Gasteiger partial charge in [-0.1, -0.05) is 90.4 Å². The Labute approximate surface area is 212 Å². The zero-order valence-electron chi connectivity index (χ0n) is 21.9. The van der Waals surface area contributed by atoms with Crippen molar-refractivity contribution in [2.75, 3.05) is 32.8 Å². The molecule has 0 bridgehead atoms. The zero-order chi connectivity index (χ0) is 26.5. The fourth-order valence-corrected chi connectivity index (χ4v) is 4.26. The van der Waals surface area contributed by atoms with Gasteiger partial charge in [0.25, 0.3) is 0 Å². The smallest absolute Gasteiger partial charge is 0.109 e. The number of unbranched alkanes of at least 4 members (excludes halogenated alkanes) is 13. The molecule has 0 spiro atoms. The first-order valence-corrected chi connectivity index (χ1v) is 13.8. The molecule has 0 aliphatic carbocycles. The van der Waals surface area contributed by atoms with Crippen LogP contribution in [0.25, 0.3) is 0 Å². The van der Waals surface area contributed by atoms with Crippen molar-refractivity contribution < 1.29 is 40.9 Å². The molecule has 0 fully saturated rings. The Kier molecular flexibility index (Phi) is 22.6. The van der Waals surface area contributed by atoms with Gasteiger partial charge in [-0.15, -0.1) is 0 Å². The number of aliphatic hydroxyl groups is 8. The Hall–Kier alpha value is -0.360. The van der Waals surface area contributed by atoms with Crippen LogP contribution in [-0.4, -0.2) is 115 Å². The van der Waals surface area contributed by atoms with E-state index < -0.39 is 49.8 Å². The highest BCUT2D eigenvalue weighted by Gasteiger charge is 2.29. The monoisotopic (exact) mass is 509 g/mol. The maximum atomic E-state index is 10.2. The SMILES string of the molecule is CCCCCCCCCCCCCCCCN(C[C@H](O)[C@@H](O)[C@H](O)CO)C[C@H](O)[C@@H](O)[C@H](O)CO. The normalized spacial score (nSPS) is 17.3. The van der Waals surface area contributed by atoms with Gasteiger partial charge in [-0.05, 0) is 13.0 Å². The van der Waals surface area contributed by atoms with Gasteiger partial charge in [-0.25, -0.2) is 0 Å². The molecule has 0 amide bonds. The molecule has 0 radical (unpaired) electrons. The van der Waals surface area contributed by atoms with Gasteiger partial charge in [0.1, 0.15) is 24.4 Å². The van der Waals surface area contributed by atoms with E-state index in [0.29, 0.717) is 6.54 Å². The fraction of sp³-hybridized carbons (Fsp3) is 1.00. The molecule has 6 atom stereocenters. The molecule has 9 nitrogen and oxygen atoms in total. The predicted octanol–water partition coefficient (Wildman–Crippen LogP) is 0.920. The summed E-state index contributed by atoms with van der Waals surface area (Å²) >= 11 is 0. The van der Waals surface area contributed by atoms with Gasteiger partial charge in [0.2, 0.25) is 0 Å². The second-order valence-corrected chi connectivity index (χ2v) is 9.97. The summed E-state index contributed by atoms with van der Waals surface area (Å²) in [5, 5.41) is 77.4. The van der Waals surface area contributed by atoms with E-state index in [1.54, 1.807) is 4.90 Å². The average molecular weight is 510 g/mol. The maximum Gasteiger partial charge on any atom is 0.109 e. The van der Waals surface area contributed by atoms with Crippen LogP contribution in [0.3, 0.4) is 0 Å². The third-order valence-electron chi connectivity index (χ3n) is 6.67. The minimum absolute atomic E-state index is 0.0876. The summed E-state index contributed by atoms with van der Waals surface area (Å²) in [6.07, 6.45) is 8.32. The Balaban J connectivity index is 4.24. The highest BCUT2D eigenvalue weighted by Crippen LogP contribution is 2.14. The largest absolute Gasteiger partial charge is 0.394 e. The second-order valence-electron chi connectivity index (χ2n) is 9.97. The Morgan fingerprint density at radius 2 is 0.771 bits per heavy atom. The van der Waals surface area contributed by atoms with E-state index in [0.717, 1.165) is 25.7 Å². The molecule has 0 heterocycles. The van der Waals surface area contributed by atoms with E-state index >= 15 is 0 Å². The van der Waals surface area contributed by atoms with Crippen LogP contribution in [0.4, 0.5) is 0 Å². The summed E-state index contributed by atoms with van der Waals surface area (Å²) in [7, 11) is 0. The summed E-state index contributed by atoms with van der Waals surface area (Å²) < 4.78 is 0. The zero-order valence-corrected chi connectivity index (χ0v) is 21.9. The van der Waals surface area contributed by atoms with Crippen LogP contribution in [0.15, 0.2) is 0 Å². The Morgan fingerprint density at radius 1 is 0.457 bits per heavy atom. The molecule has 0 aromatic heterocycles. The summed E-state index contributed by atoms with van der Waals surface area (Å²) in [5.41, 5.74) is 0. The summed E-state index contributed by atoms with van der Waals surface area (Å²) in [6, 6.07) is 0. The van der Waals surface area contributed by atoms with Gasteiger partial charge < -0.3 is 40.9 Å². The second kappa shape index (κ2) is 22.8. The van der Waals surface area contributed by atoms with E-state index in [9.17, 15) is 30.6 Å². The van der Waals surface area contributed by atoms with Crippen LogP contribution in [0, 0.1) is 0 Å². The number of rotatable bonds is 25. The molecule has 0 aromatic carbocycles. The number of hydrogen-bond acceptors (Lipinski definition) is 9. The molecule has 0 aliphatic rings. The van der Waals surface area contributed by atoms with Gasteiger partial charge in [-0.3, -0.25) is 4.90 Å². The lowest BCUT2D eigenvalue weighted by molar-refractivity contribution is -0.100. The standard InChI is InChI=1S/C26H55NO8/c1-2-3-4-5-6-7-8-9-10-11-12-13-14-15-16-27(17-21(30)25(34)23(32)19-28)18-22(31)26(35)24(33)20-29/h21-26,28-35H,2-20H2,1H3/t21-,22-,23+,24+,25+,26+/m0/s1. The summed E-state index contributed by atoms with van der Waals surface area (Å²) in [5.74, 6) is 0. The lowest BCUT2D eigenvalue weighted by atomic mass is 10.0. The molecule has 35 heavy (non-hydrogen) atoms. The summed E-state index contributed by atoms with van der Waals surface area (Å²) in [4.78, 5) is 1.65. The first-order chi connectivity index (χ1) is 16.8. The molecule has 0 unspecified atom stereocenters. The van der Waals surface area contributed by atoms with Crippen molar-refractivity contribution in [1.29, 1.82) is 0 Å². The molecule has 0 saturated heterocycles. The van der Waals surface area contributed by atoms with Gasteiger partial charge in [0, 0.05) is 13.1 Å². The van der Waals surface area contributed by atoms with Crippen molar-refractivity contribution in [2.45, 2.75) is 133 Å². The average Bonchev–Trinajstić information content (AvgIpc) is 2.86. The Bertz CT molecular complexity index is 435. The van der Waals surface area contributed by atoms with Gasteiger partial charge >= 0.3 is 0 Å². The minimum atomic E-state index is -1.55. The van der Waals surface area contributed by atoms with Crippen molar-refractivity contribution in [3.8, 4) is 0 Å². The molecule has 0 aromatic rings. The molecular formula is C26H55NO8. The molecular weight excluding hydrogens is 454 g/mol. The Morgan fingerprint density at radius 3 is 1.09 bits per heavy atom. The lowest BCUT2D eigenvalue weighted by Gasteiger charge is -2.32. The van der Waals surface area contributed by atoms with Crippen LogP contribution in [0.1, 0.15) is 96.8 Å². The maximum absolute atomic E-state index is 10.2. The van der Waals surface area contributed by atoms with E-state index in [2.05, 4.69) is 6.92 Å². The number of aliphatic hydroxyl groups excluding tert-OH is 8. The van der Waals surface area contributed by atoms with Gasteiger partial charge in [0.15, 0.2) is 0 Å². The minimum Gasteiger partial charge on any atom is -0.394 e. The van der Waals surface area contributed by atoms with Crippen molar-refractivity contribution >= 4 is 0 Å². The van der Waals surface area contributed by atoms with Crippen molar-refractivity contribution in [3.63, 3.8) is 0 Å². The van der Waals surface area contributed by atoms with Crippen LogP contribution in [-0.2, 0) is 0 Å². The highest BCUT2D eigenvalue weighted by atomic mass is 16.4. The molecule has 0 rings (SSSR count). The van der Waals surface area contributed by atoms with Crippen molar-refractivity contribution in [2.24, 2.45) is 0 Å². The third-order valence-corrected chi connectivity index (χ3v) is 6.67. The highest BCUT2D eigenvalue weighted by molar-refractivity contribution is 4.82. The van der Waals surface area contributed by atoms with E-state index in [4.69, 9.17) is 10.2 Å². The van der Waals surface area contributed by atoms with Crippen LogP contribution < -0.4 is 0 Å². The lowest BCUT2D eigenvalue weighted by Crippen LogP contribution is -2.50. The first-order valence-electron chi connectivity index (χ1n) is 13.8. The molecule has 8 N–H and O–H groups in total. The van der Waals surface area contributed by atoms with Crippen molar-refractivity contribution in [3.05, 3.63) is 0 Å². The molecule has 0 saturated carbocycles. The predicted molar refractivity (Wildman–Crippen MR) is 137 cm³/mol. The number of nitrogens with zero attached hydrogens (tertiary/aromatic N) is 1. The first kappa shape index (κ1) is 34.6. The van der Waals surface area contributed by atoms with Crippen LogP contribution >= 0.6 is 0 Å². The molecule has 0 aliphatic heterocycles. The van der Waals surface area contributed by atoms with E-state index in [1.807, 2.05) is 0 Å². The van der Waals surface area contributed by atoms with Crippen LogP contribution in [0.5, 0.6) is 0 Å². The fourth-order valence-electron chi connectivity index (χ4n) is 4.26. The quantitative estimate of drug-likeness (QED) is 0.0835. The van der Waals surface area contributed by atoms with E-state index in [1.165, 1.54) is 64.2 Å². The third kappa shape index (κ3) is 17.7. The van der Waals surface area contributed by atoms with Crippen LogP contribution in [0.2, 0.25) is 0 Å².